The Balaban J connectivity index is 1.66. The van der Waals surface area contributed by atoms with E-state index in [0.29, 0.717) is 19.0 Å². The number of pyridine rings is 1. The van der Waals surface area contributed by atoms with Crippen LogP contribution in [0, 0.1) is 6.92 Å². The van der Waals surface area contributed by atoms with Crippen LogP contribution in [-0.4, -0.2) is 24.2 Å². The van der Waals surface area contributed by atoms with Crippen molar-refractivity contribution < 1.29 is 9.53 Å². The minimum absolute atomic E-state index is 0.294. The van der Waals surface area contributed by atoms with Crippen molar-refractivity contribution in [3.8, 4) is 5.75 Å². The number of aryl methyl sites for hydroxylation is 1. The van der Waals surface area contributed by atoms with Crippen LogP contribution in [0.15, 0.2) is 48.7 Å². The molecule has 0 saturated heterocycles. The fourth-order valence-electron chi connectivity index (χ4n) is 1.55. The molecule has 0 aliphatic heterocycles. The third kappa shape index (κ3) is 4.61. The van der Waals surface area contributed by atoms with Crippen molar-refractivity contribution in [1.82, 2.24) is 10.3 Å². The molecule has 0 fully saturated rings. The van der Waals surface area contributed by atoms with Crippen molar-refractivity contribution in [2.24, 2.45) is 0 Å². The molecule has 20 heavy (non-hydrogen) atoms. The fourth-order valence-corrected chi connectivity index (χ4v) is 1.55. The normalized spacial score (nSPS) is 9.85. The molecule has 0 aliphatic rings. The van der Waals surface area contributed by atoms with Crippen LogP contribution in [0.2, 0.25) is 0 Å². The molecule has 1 aromatic heterocycles. The molecule has 2 rings (SSSR count). The van der Waals surface area contributed by atoms with Crippen molar-refractivity contribution in [2.75, 3.05) is 18.5 Å². The Morgan fingerprint density at radius 2 is 2.00 bits per heavy atom. The van der Waals surface area contributed by atoms with Gasteiger partial charge in [0.15, 0.2) is 0 Å². The number of nitrogens with one attached hydrogen (secondary N) is 2. The number of anilines is 1. The Labute approximate surface area is 118 Å². The first-order valence-electron chi connectivity index (χ1n) is 6.39. The molecule has 0 radical (unpaired) electrons. The molecule has 0 unspecified atom stereocenters. The summed E-state index contributed by atoms with van der Waals surface area (Å²) in [5, 5.41) is 5.35. The van der Waals surface area contributed by atoms with E-state index < -0.39 is 0 Å². The zero-order valence-electron chi connectivity index (χ0n) is 11.3. The molecule has 0 spiro atoms. The summed E-state index contributed by atoms with van der Waals surface area (Å²) < 4.78 is 5.46. The Hall–Kier alpha value is -2.56. The first-order valence-corrected chi connectivity index (χ1v) is 6.39. The van der Waals surface area contributed by atoms with Crippen LogP contribution in [-0.2, 0) is 0 Å². The van der Waals surface area contributed by atoms with Crippen molar-refractivity contribution in [3.63, 3.8) is 0 Å². The zero-order chi connectivity index (χ0) is 14.2. The van der Waals surface area contributed by atoms with Crippen molar-refractivity contribution >= 4 is 11.8 Å². The zero-order valence-corrected chi connectivity index (χ0v) is 11.3. The SMILES string of the molecule is Cc1ccc(NC(=O)NCCOc2ccccc2)nc1. The topological polar surface area (TPSA) is 63.2 Å². The van der Waals surface area contributed by atoms with Gasteiger partial charge in [0.1, 0.15) is 18.2 Å². The number of urea groups is 1. The quantitative estimate of drug-likeness (QED) is 0.822. The number of amides is 2. The van der Waals surface area contributed by atoms with Crippen molar-refractivity contribution in [1.29, 1.82) is 0 Å². The molecule has 5 heteroatoms. The standard InChI is InChI=1S/C15H17N3O2/c1-12-7-8-14(17-11-12)18-15(19)16-9-10-20-13-5-3-2-4-6-13/h2-8,11H,9-10H2,1H3,(H2,16,17,18,19). The molecule has 2 amide bonds. The lowest BCUT2D eigenvalue weighted by atomic mass is 10.3. The van der Waals surface area contributed by atoms with E-state index in [4.69, 9.17) is 4.74 Å². The second-order valence-corrected chi connectivity index (χ2v) is 4.26. The van der Waals surface area contributed by atoms with Gasteiger partial charge < -0.3 is 10.1 Å². The number of ether oxygens (including phenoxy) is 1. The molecule has 1 heterocycles. The van der Waals surface area contributed by atoms with Crippen LogP contribution in [0.3, 0.4) is 0 Å². The van der Waals surface area contributed by atoms with Gasteiger partial charge in [-0.15, -0.1) is 0 Å². The molecule has 0 atom stereocenters. The Bertz CT molecular complexity index is 541. The van der Waals surface area contributed by atoms with Crippen LogP contribution < -0.4 is 15.4 Å². The lowest BCUT2D eigenvalue weighted by Gasteiger charge is -2.08. The van der Waals surface area contributed by atoms with E-state index in [0.717, 1.165) is 11.3 Å². The number of hydrogen-bond acceptors (Lipinski definition) is 3. The van der Waals surface area contributed by atoms with Gasteiger partial charge in [0.25, 0.3) is 0 Å². The maximum atomic E-state index is 11.6. The number of aromatic nitrogens is 1. The summed E-state index contributed by atoms with van der Waals surface area (Å²) in [6.07, 6.45) is 1.70. The third-order valence-corrected chi connectivity index (χ3v) is 2.55. The predicted molar refractivity (Wildman–Crippen MR) is 77.9 cm³/mol. The monoisotopic (exact) mass is 271 g/mol. The van der Waals surface area contributed by atoms with Gasteiger partial charge in [0.2, 0.25) is 0 Å². The van der Waals surface area contributed by atoms with E-state index in [2.05, 4.69) is 15.6 Å². The van der Waals surface area contributed by atoms with Gasteiger partial charge in [-0.1, -0.05) is 24.3 Å². The van der Waals surface area contributed by atoms with Gasteiger partial charge in [0.05, 0.1) is 6.54 Å². The lowest BCUT2D eigenvalue weighted by molar-refractivity contribution is 0.247. The van der Waals surface area contributed by atoms with Crippen LogP contribution in [0.1, 0.15) is 5.56 Å². The van der Waals surface area contributed by atoms with Crippen molar-refractivity contribution in [2.45, 2.75) is 6.92 Å². The van der Waals surface area contributed by atoms with Gasteiger partial charge in [-0.3, -0.25) is 5.32 Å². The second kappa shape index (κ2) is 7.13. The molecule has 2 N–H and O–H groups in total. The number of nitrogens with zero attached hydrogens (tertiary/aromatic N) is 1. The largest absolute Gasteiger partial charge is 0.492 e. The van der Waals surface area contributed by atoms with E-state index in [-0.39, 0.29) is 6.03 Å². The van der Waals surface area contributed by atoms with E-state index in [9.17, 15) is 4.79 Å². The van der Waals surface area contributed by atoms with Gasteiger partial charge in [-0.05, 0) is 30.7 Å². The van der Waals surface area contributed by atoms with E-state index in [1.165, 1.54) is 0 Å². The van der Waals surface area contributed by atoms with E-state index >= 15 is 0 Å². The molecule has 0 aliphatic carbocycles. The smallest absolute Gasteiger partial charge is 0.320 e. The van der Waals surface area contributed by atoms with Crippen LogP contribution >= 0.6 is 0 Å². The average Bonchev–Trinajstić information content (AvgIpc) is 2.47. The number of para-hydroxylation sites is 1. The molecule has 0 saturated carbocycles. The van der Waals surface area contributed by atoms with Gasteiger partial charge in [-0.25, -0.2) is 9.78 Å². The number of hydrogen-bond donors (Lipinski definition) is 2. The summed E-state index contributed by atoms with van der Waals surface area (Å²) >= 11 is 0. The molecule has 0 bridgehead atoms. The van der Waals surface area contributed by atoms with E-state index in [1.807, 2.05) is 43.3 Å². The molecule has 104 valence electrons. The summed E-state index contributed by atoms with van der Waals surface area (Å²) in [6, 6.07) is 12.8. The van der Waals surface area contributed by atoms with E-state index in [1.54, 1.807) is 12.3 Å². The molecule has 1 aromatic carbocycles. The lowest BCUT2D eigenvalue weighted by Crippen LogP contribution is -2.32. The maximum absolute atomic E-state index is 11.6. The first kappa shape index (κ1) is 13.9. The first-order chi connectivity index (χ1) is 9.74. The molecular weight excluding hydrogens is 254 g/mol. The molecule has 2 aromatic rings. The minimum Gasteiger partial charge on any atom is -0.492 e. The summed E-state index contributed by atoms with van der Waals surface area (Å²) in [5.74, 6) is 1.31. The summed E-state index contributed by atoms with van der Waals surface area (Å²) in [5.41, 5.74) is 1.05. The third-order valence-electron chi connectivity index (χ3n) is 2.55. The Kier molecular flexibility index (Phi) is 4.94. The number of benzene rings is 1. The van der Waals surface area contributed by atoms with Gasteiger partial charge >= 0.3 is 6.03 Å². The van der Waals surface area contributed by atoms with Gasteiger partial charge in [0, 0.05) is 6.20 Å². The fraction of sp³-hybridized carbons (Fsp3) is 0.200. The predicted octanol–water partition coefficient (Wildman–Crippen LogP) is 2.59. The Morgan fingerprint density at radius 3 is 2.70 bits per heavy atom. The second-order valence-electron chi connectivity index (χ2n) is 4.26. The highest BCUT2D eigenvalue weighted by Crippen LogP contribution is 2.07. The van der Waals surface area contributed by atoms with Gasteiger partial charge in [-0.2, -0.15) is 0 Å². The number of carbonyl (C=O) groups is 1. The number of carbonyl (C=O) groups excluding carboxylic acids is 1. The average molecular weight is 271 g/mol. The summed E-state index contributed by atoms with van der Waals surface area (Å²) in [7, 11) is 0. The highest BCUT2D eigenvalue weighted by molar-refractivity contribution is 5.88. The summed E-state index contributed by atoms with van der Waals surface area (Å²) in [4.78, 5) is 15.7. The highest BCUT2D eigenvalue weighted by atomic mass is 16.5. The summed E-state index contributed by atoms with van der Waals surface area (Å²) in [6.45, 7) is 2.78. The van der Waals surface area contributed by atoms with Crippen LogP contribution in [0.25, 0.3) is 0 Å². The van der Waals surface area contributed by atoms with Crippen LogP contribution in [0.4, 0.5) is 10.6 Å². The highest BCUT2D eigenvalue weighted by Gasteiger charge is 2.01. The molecule has 5 nitrogen and oxygen atoms in total. The van der Waals surface area contributed by atoms with Crippen molar-refractivity contribution in [3.05, 3.63) is 54.2 Å². The Morgan fingerprint density at radius 1 is 1.20 bits per heavy atom. The minimum atomic E-state index is -0.294. The maximum Gasteiger partial charge on any atom is 0.320 e. The molecular formula is C15H17N3O2. The number of rotatable bonds is 5. The van der Waals surface area contributed by atoms with Crippen LogP contribution in [0.5, 0.6) is 5.75 Å².